The minimum absolute atomic E-state index is 0.00204. The molecule has 0 bridgehead atoms. The minimum atomic E-state index is -0.534. The number of benzene rings is 2. The van der Waals surface area contributed by atoms with Crippen LogP contribution in [0.2, 0.25) is 5.02 Å². The Morgan fingerprint density at radius 3 is 2.67 bits per heavy atom. The summed E-state index contributed by atoms with van der Waals surface area (Å²) in [5, 5.41) is 0.0281. The van der Waals surface area contributed by atoms with Gasteiger partial charge in [0.15, 0.2) is 0 Å². The van der Waals surface area contributed by atoms with E-state index in [4.69, 9.17) is 16.3 Å². The van der Waals surface area contributed by atoms with E-state index < -0.39 is 5.82 Å². The molecule has 0 atom stereocenters. The number of methoxy groups -OCH3 is 1. The first-order valence-corrected chi connectivity index (χ1v) is 7.45. The second-order valence-electron chi connectivity index (χ2n) is 4.56. The Hall–Kier alpha value is -1.39. The molecule has 0 saturated carbocycles. The van der Waals surface area contributed by atoms with E-state index in [2.05, 4.69) is 15.9 Å². The van der Waals surface area contributed by atoms with Crippen molar-refractivity contribution in [1.82, 2.24) is 0 Å². The van der Waals surface area contributed by atoms with Gasteiger partial charge in [-0.25, -0.2) is 4.39 Å². The molecular weight excluding hydrogens is 359 g/mol. The van der Waals surface area contributed by atoms with E-state index in [0.29, 0.717) is 11.3 Å². The first-order valence-electron chi connectivity index (χ1n) is 6.28. The Kier molecular flexibility index (Phi) is 5.37. The van der Waals surface area contributed by atoms with E-state index in [9.17, 15) is 9.18 Å². The topological polar surface area (TPSA) is 26.3 Å². The van der Waals surface area contributed by atoms with Crippen molar-refractivity contribution in [3.05, 3.63) is 62.8 Å². The third-order valence-electron chi connectivity index (χ3n) is 3.05. The van der Waals surface area contributed by atoms with Crippen LogP contribution in [-0.4, -0.2) is 12.9 Å². The standard InChI is InChI=1S/C16H13BrClFO2/c1-21-15-6-5-12(17)7-11(15)9-13(20)8-10-3-2-4-14(18)16(10)19/h2-7H,8-9H2,1H3. The SMILES string of the molecule is COc1ccc(Br)cc1CC(=O)Cc1cccc(Cl)c1F. The predicted octanol–water partition coefficient (Wildman–Crippen LogP) is 4.60. The second kappa shape index (κ2) is 7.05. The third kappa shape index (κ3) is 4.05. The number of carbonyl (C=O) groups excluding carboxylic acids is 1. The average molecular weight is 372 g/mol. The van der Waals surface area contributed by atoms with Gasteiger partial charge in [0.05, 0.1) is 12.1 Å². The van der Waals surface area contributed by atoms with E-state index in [1.165, 1.54) is 6.07 Å². The normalized spacial score (nSPS) is 10.5. The van der Waals surface area contributed by atoms with Crippen molar-refractivity contribution in [2.24, 2.45) is 0 Å². The molecule has 0 N–H and O–H groups in total. The summed E-state index contributed by atoms with van der Waals surface area (Å²) in [6, 6.07) is 10.1. The molecule has 21 heavy (non-hydrogen) atoms. The fraction of sp³-hybridized carbons (Fsp3) is 0.188. The number of hydrogen-bond donors (Lipinski definition) is 0. The zero-order valence-electron chi connectivity index (χ0n) is 11.3. The monoisotopic (exact) mass is 370 g/mol. The molecule has 0 aromatic heterocycles. The Bertz CT molecular complexity index is 673. The van der Waals surface area contributed by atoms with Crippen molar-refractivity contribution in [3.8, 4) is 5.75 Å². The average Bonchev–Trinajstić information content (AvgIpc) is 2.44. The lowest BCUT2D eigenvalue weighted by Gasteiger charge is -2.09. The fourth-order valence-corrected chi connectivity index (χ4v) is 2.66. The molecule has 0 saturated heterocycles. The first-order chi connectivity index (χ1) is 10.0. The Labute approximate surface area is 136 Å². The van der Waals surface area contributed by atoms with Crippen LogP contribution in [0.15, 0.2) is 40.9 Å². The van der Waals surface area contributed by atoms with Crippen molar-refractivity contribution >= 4 is 33.3 Å². The summed E-state index contributed by atoms with van der Waals surface area (Å²) in [7, 11) is 1.55. The van der Waals surface area contributed by atoms with Crippen molar-refractivity contribution in [1.29, 1.82) is 0 Å². The van der Waals surface area contributed by atoms with Gasteiger partial charge in [-0.15, -0.1) is 0 Å². The number of rotatable bonds is 5. The Morgan fingerprint density at radius 2 is 1.95 bits per heavy atom. The van der Waals surface area contributed by atoms with Crippen LogP contribution in [0.25, 0.3) is 0 Å². The van der Waals surface area contributed by atoms with Crippen molar-refractivity contribution < 1.29 is 13.9 Å². The molecule has 2 rings (SSSR count). The van der Waals surface area contributed by atoms with Gasteiger partial charge < -0.3 is 4.74 Å². The number of ketones is 1. The maximum Gasteiger partial charge on any atom is 0.145 e. The third-order valence-corrected chi connectivity index (χ3v) is 3.83. The van der Waals surface area contributed by atoms with Crippen LogP contribution in [0.3, 0.4) is 0 Å². The van der Waals surface area contributed by atoms with Gasteiger partial charge in [0, 0.05) is 22.9 Å². The van der Waals surface area contributed by atoms with Crippen molar-refractivity contribution in [2.45, 2.75) is 12.8 Å². The van der Waals surface area contributed by atoms with Crippen molar-refractivity contribution in [2.75, 3.05) is 7.11 Å². The van der Waals surface area contributed by atoms with Crippen LogP contribution in [0, 0.1) is 5.82 Å². The molecule has 0 aliphatic heterocycles. The molecule has 2 aromatic carbocycles. The lowest BCUT2D eigenvalue weighted by atomic mass is 10.0. The zero-order chi connectivity index (χ0) is 15.4. The molecule has 0 spiro atoms. The maximum atomic E-state index is 13.8. The van der Waals surface area contributed by atoms with Gasteiger partial charge in [0.25, 0.3) is 0 Å². The first kappa shape index (κ1) is 16.0. The maximum absolute atomic E-state index is 13.8. The minimum Gasteiger partial charge on any atom is -0.496 e. The molecule has 0 fully saturated rings. The highest BCUT2D eigenvalue weighted by Crippen LogP contribution is 2.24. The van der Waals surface area contributed by atoms with Crippen LogP contribution in [-0.2, 0) is 17.6 Å². The highest BCUT2D eigenvalue weighted by molar-refractivity contribution is 9.10. The molecule has 0 radical (unpaired) electrons. The predicted molar refractivity (Wildman–Crippen MR) is 84.5 cm³/mol. The van der Waals surface area contributed by atoms with E-state index in [1.54, 1.807) is 25.3 Å². The Balaban J connectivity index is 2.15. The summed E-state index contributed by atoms with van der Waals surface area (Å²) in [6.45, 7) is 0. The number of carbonyl (C=O) groups is 1. The summed E-state index contributed by atoms with van der Waals surface area (Å²) in [5.41, 5.74) is 1.07. The van der Waals surface area contributed by atoms with Crippen LogP contribution in [0.1, 0.15) is 11.1 Å². The number of ether oxygens (including phenoxy) is 1. The van der Waals surface area contributed by atoms with E-state index in [-0.39, 0.29) is 23.6 Å². The lowest BCUT2D eigenvalue weighted by molar-refractivity contribution is -0.117. The van der Waals surface area contributed by atoms with E-state index in [0.717, 1.165) is 10.0 Å². The largest absolute Gasteiger partial charge is 0.496 e. The molecule has 0 heterocycles. The lowest BCUT2D eigenvalue weighted by Crippen LogP contribution is -2.09. The highest BCUT2D eigenvalue weighted by atomic mass is 79.9. The van der Waals surface area contributed by atoms with Crippen LogP contribution in [0.4, 0.5) is 4.39 Å². The van der Waals surface area contributed by atoms with Gasteiger partial charge in [-0.1, -0.05) is 39.7 Å². The molecule has 5 heteroatoms. The van der Waals surface area contributed by atoms with Gasteiger partial charge in [0.1, 0.15) is 17.3 Å². The van der Waals surface area contributed by atoms with Gasteiger partial charge in [0.2, 0.25) is 0 Å². The summed E-state index contributed by atoms with van der Waals surface area (Å²) < 4.78 is 19.9. The van der Waals surface area contributed by atoms with Gasteiger partial charge in [-0.05, 0) is 29.8 Å². The van der Waals surface area contributed by atoms with Gasteiger partial charge in [-0.2, -0.15) is 0 Å². The molecule has 0 aliphatic carbocycles. The molecule has 2 aromatic rings. The smallest absolute Gasteiger partial charge is 0.145 e. The number of hydrogen-bond acceptors (Lipinski definition) is 2. The highest BCUT2D eigenvalue weighted by Gasteiger charge is 2.13. The van der Waals surface area contributed by atoms with Crippen LogP contribution in [0.5, 0.6) is 5.75 Å². The Morgan fingerprint density at radius 1 is 1.24 bits per heavy atom. The van der Waals surface area contributed by atoms with Crippen LogP contribution >= 0.6 is 27.5 Å². The van der Waals surface area contributed by atoms with E-state index >= 15 is 0 Å². The number of Topliss-reactive ketones (excluding diaryl/α,β-unsaturated/α-hetero) is 1. The molecule has 0 unspecified atom stereocenters. The van der Waals surface area contributed by atoms with Crippen molar-refractivity contribution in [3.63, 3.8) is 0 Å². The van der Waals surface area contributed by atoms with Crippen LogP contribution < -0.4 is 4.74 Å². The summed E-state index contributed by atoms with van der Waals surface area (Å²) >= 11 is 9.07. The van der Waals surface area contributed by atoms with Gasteiger partial charge in [-0.3, -0.25) is 4.79 Å². The fourth-order valence-electron chi connectivity index (χ4n) is 2.06. The van der Waals surface area contributed by atoms with E-state index in [1.807, 2.05) is 12.1 Å². The zero-order valence-corrected chi connectivity index (χ0v) is 13.7. The summed E-state index contributed by atoms with van der Waals surface area (Å²) in [6.07, 6.45) is 0.177. The summed E-state index contributed by atoms with van der Waals surface area (Å²) in [4.78, 5) is 12.1. The quantitative estimate of drug-likeness (QED) is 0.767. The molecule has 0 amide bonds. The molecular formula is C16H13BrClFO2. The number of halogens is 3. The molecule has 0 aliphatic rings. The van der Waals surface area contributed by atoms with Gasteiger partial charge >= 0.3 is 0 Å². The molecule has 2 nitrogen and oxygen atoms in total. The second-order valence-corrected chi connectivity index (χ2v) is 5.88. The summed E-state index contributed by atoms with van der Waals surface area (Å²) in [5.74, 6) is -0.000549. The molecule has 110 valence electrons.